The van der Waals surface area contributed by atoms with Crippen molar-refractivity contribution in [3.63, 3.8) is 0 Å². The van der Waals surface area contributed by atoms with E-state index in [1.165, 1.54) is 15.9 Å². The van der Waals surface area contributed by atoms with Crippen LogP contribution in [0.1, 0.15) is 0 Å². The summed E-state index contributed by atoms with van der Waals surface area (Å²) in [6, 6.07) is 6.73. The normalized spacial score (nSPS) is 11.1. The molecule has 0 aliphatic heterocycles. The zero-order valence-corrected chi connectivity index (χ0v) is 12.5. The molecule has 0 aliphatic carbocycles. The van der Waals surface area contributed by atoms with E-state index in [0.717, 1.165) is 4.83 Å². The Hall–Kier alpha value is -1.14. The number of aromatic nitrogens is 2. The van der Waals surface area contributed by atoms with E-state index in [4.69, 9.17) is 35.4 Å². The first-order valence-electron chi connectivity index (χ1n) is 5.26. The number of benzene rings is 1. The Morgan fingerprint density at radius 3 is 2.74 bits per heavy atom. The van der Waals surface area contributed by atoms with E-state index in [-0.39, 0.29) is 5.56 Å². The summed E-state index contributed by atoms with van der Waals surface area (Å²) in [6.45, 7) is 0. The van der Waals surface area contributed by atoms with E-state index < -0.39 is 0 Å². The van der Waals surface area contributed by atoms with Gasteiger partial charge in [0.15, 0.2) is 4.77 Å². The molecule has 1 N–H and O–H groups in total. The lowest BCUT2D eigenvalue weighted by molar-refractivity contribution is 0.943. The van der Waals surface area contributed by atoms with Crippen molar-refractivity contribution in [3.8, 4) is 5.69 Å². The number of rotatable bonds is 1. The lowest BCUT2D eigenvalue weighted by Crippen LogP contribution is -2.19. The monoisotopic (exact) mass is 328 g/mol. The molecule has 2 aromatic heterocycles. The van der Waals surface area contributed by atoms with Crippen molar-refractivity contribution in [2.24, 2.45) is 0 Å². The Morgan fingerprint density at radius 2 is 2.00 bits per heavy atom. The molecule has 0 radical (unpaired) electrons. The second kappa shape index (κ2) is 4.76. The van der Waals surface area contributed by atoms with Gasteiger partial charge < -0.3 is 4.98 Å². The fourth-order valence-corrected chi connectivity index (χ4v) is 3.22. The SMILES string of the molecule is O=c1c2ccsc2[nH]c(=S)n1-c1ccc(Cl)c(Cl)c1. The highest BCUT2D eigenvalue weighted by molar-refractivity contribution is 7.71. The molecular weight excluding hydrogens is 323 g/mol. The molecule has 96 valence electrons. The summed E-state index contributed by atoms with van der Waals surface area (Å²) in [5.74, 6) is 0. The van der Waals surface area contributed by atoms with Crippen molar-refractivity contribution < 1.29 is 0 Å². The summed E-state index contributed by atoms with van der Waals surface area (Å²) in [6.07, 6.45) is 0. The van der Waals surface area contributed by atoms with Crippen LogP contribution in [0.2, 0.25) is 10.0 Å². The first-order valence-corrected chi connectivity index (χ1v) is 7.30. The fraction of sp³-hybridized carbons (Fsp3) is 0. The fourth-order valence-electron chi connectivity index (χ4n) is 1.80. The standard InChI is InChI=1S/C12H6Cl2N2OS2/c13-8-2-1-6(5-9(8)14)16-11(17)7-3-4-19-10(7)15-12(16)18/h1-5H,(H,15,18). The smallest absolute Gasteiger partial charge is 0.267 e. The summed E-state index contributed by atoms with van der Waals surface area (Å²) >= 11 is 18.5. The minimum atomic E-state index is -0.168. The maximum Gasteiger partial charge on any atom is 0.267 e. The molecule has 0 saturated carbocycles. The molecule has 3 nitrogen and oxygen atoms in total. The highest BCUT2D eigenvalue weighted by Crippen LogP contribution is 2.24. The van der Waals surface area contributed by atoms with E-state index in [0.29, 0.717) is 25.9 Å². The molecule has 2 heterocycles. The van der Waals surface area contributed by atoms with Gasteiger partial charge >= 0.3 is 0 Å². The van der Waals surface area contributed by atoms with Gasteiger partial charge in [0.25, 0.3) is 5.56 Å². The molecule has 19 heavy (non-hydrogen) atoms. The van der Waals surface area contributed by atoms with Gasteiger partial charge in [0, 0.05) is 0 Å². The van der Waals surface area contributed by atoms with Crippen LogP contribution in [-0.2, 0) is 0 Å². The van der Waals surface area contributed by atoms with E-state index >= 15 is 0 Å². The first kappa shape index (κ1) is 12.9. The number of thiophene rings is 1. The molecule has 0 spiro atoms. The molecule has 3 aromatic rings. The second-order valence-corrected chi connectivity index (χ2v) is 5.95. The topological polar surface area (TPSA) is 37.8 Å². The van der Waals surface area contributed by atoms with Gasteiger partial charge in [-0.3, -0.25) is 9.36 Å². The van der Waals surface area contributed by atoms with Gasteiger partial charge in [0.1, 0.15) is 4.83 Å². The van der Waals surface area contributed by atoms with E-state index in [9.17, 15) is 4.79 Å². The number of aromatic amines is 1. The minimum Gasteiger partial charge on any atom is -0.323 e. The lowest BCUT2D eigenvalue weighted by atomic mass is 10.3. The third-order valence-corrected chi connectivity index (χ3v) is 4.54. The van der Waals surface area contributed by atoms with Crippen LogP contribution in [0.25, 0.3) is 15.9 Å². The highest BCUT2D eigenvalue weighted by Gasteiger charge is 2.09. The minimum absolute atomic E-state index is 0.168. The third-order valence-electron chi connectivity index (χ3n) is 2.68. The van der Waals surface area contributed by atoms with Crippen molar-refractivity contribution >= 4 is 57.0 Å². The van der Waals surface area contributed by atoms with Gasteiger partial charge in [-0.1, -0.05) is 23.2 Å². The molecular formula is C12H6Cl2N2OS2. The molecule has 0 atom stereocenters. The molecule has 3 rings (SSSR count). The quantitative estimate of drug-likeness (QED) is 0.671. The number of nitrogens with one attached hydrogen (secondary N) is 1. The van der Waals surface area contributed by atoms with Crippen LogP contribution in [-0.4, -0.2) is 9.55 Å². The zero-order valence-electron chi connectivity index (χ0n) is 9.31. The highest BCUT2D eigenvalue weighted by atomic mass is 35.5. The molecule has 0 saturated heterocycles. The molecule has 0 aliphatic rings. The van der Waals surface area contributed by atoms with Gasteiger partial charge in [-0.15, -0.1) is 11.3 Å². The molecule has 7 heteroatoms. The predicted octanol–water partition coefficient (Wildman–Crippen LogP) is 4.42. The Morgan fingerprint density at radius 1 is 1.21 bits per heavy atom. The number of nitrogens with zero attached hydrogens (tertiary/aromatic N) is 1. The molecule has 0 unspecified atom stereocenters. The van der Waals surface area contributed by atoms with Crippen LogP contribution in [0.4, 0.5) is 0 Å². The summed E-state index contributed by atoms with van der Waals surface area (Å²) in [5.41, 5.74) is 0.423. The largest absolute Gasteiger partial charge is 0.323 e. The Balaban J connectivity index is 2.38. The Labute approximate surface area is 127 Å². The van der Waals surface area contributed by atoms with E-state index in [2.05, 4.69) is 4.98 Å². The molecule has 0 fully saturated rings. The van der Waals surface area contributed by atoms with Crippen molar-refractivity contribution in [1.82, 2.24) is 9.55 Å². The van der Waals surface area contributed by atoms with Gasteiger partial charge in [-0.2, -0.15) is 0 Å². The lowest BCUT2D eigenvalue weighted by Gasteiger charge is -2.07. The van der Waals surface area contributed by atoms with Gasteiger partial charge in [0.05, 0.1) is 21.1 Å². The number of fused-ring (bicyclic) bond motifs is 1. The summed E-state index contributed by atoms with van der Waals surface area (Å²) in [5, 5.41) is 3.26. The van der Waals surface area contributed by atoms with Crippen LogP contribution in [0.5, 0.6) is 0 Å². The van der Waals surface area contributed by atoms with Crippen molar-refractivity contribution in [1.29, 1.82) is 0 Å². The summed E-state index contributed by atoms with van der Waals surface area (Å²) in [4.78, 5) is 16.2. The van der Waals surface area contributed by atoms with Crippen LogP contribution in [0.15, 0.2) is 34.4 Å². The van der Waals surface area contributed by atoms with Crippen molar-refractivity contribution in [2.45, 2.75) is 0 Å². The third kappa shape index (κ3) is 2.12. The van der Waals surface area contributed by atoms with Gasteiger partial charge in [0.2, 0.25) is 0 Å². The Kier molecular flexibility index (Phi) is 3.22. The number of H-pyrrole nitrogens is 1. The van der Waals surface area contributed by atoms with Crippen molar-refractivity contribution in [3.05, 3.63) is 54.8 Å². The average molecular weight is 329 g/mol. The molecule has 0 amide bonds. The number of hydrogen-bond donors (Lipinski definition) is 1. The number of halogens is 2. The van der Waals surface area contributed by atoms with Crippen LogP contribution in [0.3, 0.4) is 0 Å². The maximum absolute atomic E-state index is 12.4. The molecule has 1 aromatic carbocycles. The number of hydrogen-bond acceptors (Lipinski definition) is 3. The van der Waals surface area contributed by atoms with Crippen LogP contribution < -0.4 is 5.56 Å². The van der Waals surface area contributed by atoms with Gasteiger partial charge in [-0.25, -0.2) is 0 Å². The van der Waals surface area contributed by atoms with E-state index in [1.807, 2.05) is 5.38 Å². The zero-order chi connectivity index (χ0) is 13.6. The predicted molar refractivity (Wildman–Crippen MR) is 82.6 cm³/mol. The maximum atomic E-state index is 12.4. The van der Waals surface area contributed by atoms with Crippen LogP contribution in [0, 0.1) is 4.77 Å². The Bertz CT molecular complexity index is 895. The average Bonchev–Trinajstić information content (AvgIpc) is 2.82. The summed E-state index contributed by atoms with van der Waals surface area (Å²) < 4.78 is 1.74. The van der Waals surface area contributed by atoms with E-state index in [1.54, 1.807) is 24.3 Å². The van der Waals surface area contributed by atoms with Crippen LogP contribution >= 0.6 is 46.8 Å². The van der Waals surface area contributed by atoms with Crippen molar-refractivity contribution in [2.75, 3.05) is 0 Å². The summed E-state index contributed by atoms with van der Waals surface area (Å²) in [7, 11) is 0. The van der Waals surface area contributed by atoms with Gasteiger partial charge in [-0.05, 0) is 41.9 Å². The molecule has 0 bridgehead atoms. The second-order valence-electron chi connectivity index (χ2n) is 3.83. The first-order chi connectivity index (χ1) is 9.08.